The lowest BCUT2D eigenvalue weighted by Gasteiger charge is -2.37. The van der Waals surface area contributed by atoms with Crippen molar-refractivity contribution in [2.75, 3.05) is 27.4 Å². The number of nitrogens with one attached hydrogen (secondary N) is 1. The molecule has 3 rings (SSSR count). The van der Waals surface area contributed by atoms with Crippen molar-refractivity contribution in [1.82, 2.24) is 5.32 Å². The Labute approximate surface area is 210 Å². The maximum absolute atomic E-state index is 13.3. The standard InChI is InChI=1S/C28H43NO6/c1-17(2)21-10-8-18(3)14-25(21)35-28(31)23-16-22(19(4)30)27(29-23)20-9-11-24(33-6)26(15-20)34-13-7-12-32-5/h9,11,15,17-18,21-23,25,27,29H,7-8,10,12-14,16H2,1-6H3/t18-,21+,22-,23+,25-,27+/m1/s1. The minimum atomic E-state index is -0.507. The van der Waals surface area contributed by atoms with Gasteiger partial charge in [0.1, 0.15) is 17.9 Å². The van der Waals surface area contributed by atoms with E-state index < -0.39 is 6.04 Å². The second kappa shape index (κ2) is 12.7. The first-order chi connectivity index (χ1) is 16.7. The van der Waals surface area contributed by atoms with Crippen LogP contribution in [-0.4, -0.2) is 51.3 Å². The highest BCUT2D eigenvalue weighted by Crippen LogP contribution is 2.39. The van der Waals surface area contributed by atoms with Gasteiger partial charge >= 0.3 is 5.97 Å². The van der Waals surface area contributed by atoms with Crippen molar-refractivity contribution in [3.05, 3.63) is 23.8 Å². The summed E-state index contributed by atoms with van der Waals surface area (Å²) in [6, 6.07) is 4.89. The zero-order valence-electron chi connectivity index (χ0n) is 22.2. The quantitative estimate of drug-likeness (QED) is 0.356. The fraction of sp³-hybridized carbons (Fsp3) is 0.714. The maximum Gasteiger partial charge on any atom is 0.323 e. The van der Waals surface area contributed by atoms with Crippen LogP contribution < -0.4 is 14.8 Å². The van der Waals surface area contributed by atoms with E-state index in [4.69, 9.17) is 18.9 Å². The minimum absolute atomic E-state index is 0.0579. The molecule has 1 aromatic rings. The highest BCUT2D eigenvalue weighted by Gasteiger charge is 2.43. The van der Waals surface area contributed by atoms with Gasteiger partial charge in [0.05, 0.1) is 13.7 Å². The molecule has 1 N–H and O–H groups in total. The largest absolute Gasteiger partial charge is 0.493 e. The fourth-order valence-electron chi connectivity index (χ4n) is 5.55. The number of hydrogen-bond donors (Lipinski definition) is 1. The van der Waals surface area contributed by atoms with Crippen LogP contribution in [0.2, 0.25) is 0 Å². The highest BCUT2D eigenvalue weighted by atomic mass is 16.5. The van der Waals surface area contributed by atoms with E-state index in [1.165, 1.54) is 6.42 Å². The summed E-state index contributed by atoms with van der Waals surface area (Å²) in [7, 11) is 3.26. The first-order valence-corrected chi connectivity index (χ1v) is 13.0. The number of methoxy groups -OCH3 is 2. The van der Waals surface area contributed by atoms with E-state index in [2.05, 4.69) is 26.1 Å². The minimum Gasteiger partial charge on any atom is -0.493 e. The van der Waals surface area contributed by atoms with Crippen LogP contribution >= 0.6 is 0 Å². The van der Waals surface area contributed by atoms with Crippen LogP contribution in [0, 0.1) is 23.7 Å². The van der Waals surface area contributed by atoms with E-state index in [-0.39, 0.29) is 29.8 Å². The van der Waals surface area contributed by atoms with E-state index in [9.17, 15) is 9.59 Å². The maximum atomic E-state index is 13.3. The summed E-state index contributed by atoms with van der Waals surface area (Å²) in [5.41, 5.74) is 0.898. The summed E-state index contributed by atoms with van der Waals surface area (Å²) in [6.45, 7) is 9.33. The van der Waals surface area contributed by atoms with Gasteiger partial charge in [-0.1, -0.05) is 33.3 Å². The van der Waals surface area contributed by atoms with Crippen molar-refractivity contribution in [3.63, 3.8) is 0 Å². The second-order valence-corrected chi connectivity index (χ2v) is 10.6. The number of carbonyl (C=O) groups is 2. The van der Waals surface area contributed by atoms with E-state index >= 15 is 0 Å². The van der Waals surface area contributed by atoms with Crippen LogP contribution in [0.15, 0.2) is 18.2 Å². The number of carbonyl (C=O) groups excluding carboxylic acids is 2. The number of rotatable bonds is 11. The number of ether oxygens (including phenoxy) is 4. The third kappa shape index (κ3) is 6.98. The fourth-order valence-corrected chi connectivity index (χ4v) is 5.55. The summed E-state index contributed by atoms with van der Waals surface area (Å²) in [4.78, 5) is 25.8. The normalized spacial score (nSPS) is 28.7. The van der Waals surface area contributed by atoms with Crippen LogP contribution in [-0.2, 0) is 19.1 Å². The zero-order chi connectivity index (χ0) is 25.5. The van der Waals surface area contributed by atoms with Gasteiger partial charge in [-0.05, 0) is 61.6 Å². The van der Waals surface area contributed by atoms with Crippen LogP contribution in [0.3, 0.4) is 0 Å². The molecule has 1 saturated carbocycles. The molecular weight excluding hydrogens is 446 g/mol. The van der Waals surface area contributed by atoms with Crippen molar-refractivity contribution < 1.29 is 28.5 Å². The predicted molar refractivity (Wildman–Crippen MR) is 135 cm³/mol. The van der Waals surface area contributed by atoms with Crippen LogP contribution in [0.4, 0.5) is 0 Å². The molecule has 1 aliphatic carbocycles. The summed E-state index contributed by atoms with van der Waals surface area (Å²) in [5, 5.41) is 3.41. The van der Waals surface area contributed by atoms with Crippen LogP contribution in [0.5, 0.6) is 11.5 Å². The first kappa shape index (κ1) is 27.5. The molecule has 0 unspecified atom stereocenters. The third-order valence-electron chi connectivity index (χ3n) is 7.61. The van der Waals surface area contributed by atoms with Crippen molar-refractivity contribution in [2.45, 2.75) is 78.0 Å². The van der Waals surface area contributed by atoms with Gasteiger partial charge in [-0.25, -0.2) is 0 Å². The van der Waals surface area contributed by atoms with Gasteiger partial charge < -0.3 is 18.9 Å². The molecule has 0 spiro atoms. The number of ketones is 1. The molecule has 1 aliphatic heterocycles. The Morgan fingerprint density at radius 2 is 1.86 bits per heavy atom. The molecule has 1 saturated heterocycles. The molecule has 0 bridgehead atoms. The van der Waals surface area contributed by atoms with E-state index in [0.29, 0.717) is 48.9 Å². The van der Waals surface area contributed by atoms with Gasteiger partial charge in [-0.3, -0.25) is 14.9 Å². The Kier molecular flexibility index (Phi) is 9.99. The van der Waals surface area contributed by atoms with Gasteiger partial charge in [-0.2, -0.15) is 0 Å². The molecule has 6 atom stereocenters. The Hall–Kier alpha value is -2.12. The van der Waals surface area contributed by atoms with Crippen LogP contribution in [0.25, 0.3) is 0 Å². The molecule has 2 aliphatic rings. The number of esters is 1. The van der Waals surface area contributed by atoms with Crippen LogP contribution in [0.1, 0.15) is 71.4 Å². The molecule has 1 aromatic carbocycles. The zero-order valence-corrected chi connectivity index (χ0v) is 22.2. The first-order valence-electron chi connectivity index (χ1n) is 13.0. The number of hydrogen-bond acceptors (Lipinski definition) is 7. The predicted octanol–water partition coefficient (Wildman–Crippen LogP) is 4.72. The van der Waals surface area contributed by atoms with Gasteiger partial charge in [-0.15, -0.1) is 0 Å². The summed E-state index contributed by atoms with van der Waals surface area (Å²) >= 11 is 0. The highest BCUT2D eigenvalue weighted by molar-refractivity contribution is 5.83. The molecule has 2 fully saturated rings. The second-order valence-electron chi connectivity index (χ2n) is 10.6. The average molecular weight is 490 g/mol. The average Bonchev–Trinajstić information content (AvgIpc) is 3.28. The molecule has 1 heterocycles. The molecule has 7 nitrogen and oxygen atoms in total. The Balaban J connectivity index is 1.74. The lowest BCUT2D eigenvalue weighted by molar-refractivity contribution is -0.158. The molecule has 35 heavy (non-hydrogen) atoms. The Morgan fingerprint density at radius 3 is 2.51 bits per heavy atom. The van der Waals surface area contributed by atoms with Gasteiger partial charge in [0.25, 0.3) is 0 Å². The molecule has 0 aromatic heterocycles. The molecule has 0 radical (unpaired) electrons. The summed E-state index contributed by atoms with van der Waals surface area (Å²) in [6.07, 6.45) is 4.31. The smallest absolute Gasteiger partial charge is 0.323 e. The number of Topliss-reactive ketones (excluding diaryl/α,β-unsaturated/α-hetero) is 1. The lowest BCUT2D eigenvalue weighted by atomic mass is 9.75. The number of benzene rings is 1. The molecule has 0 amide bonds. The van der Waals surface area contributed by atoms with Crippen molar-refractivity contribution in [3.8, 4) is 11.5 Å². The Morgan fingerprint density at radius 1 is 1.09 bits per heavy atom. The topological polar surface area (TPSA) is 83.1 Å². The van der Waals surface area contributed by atoms with E-state index in [0.717, 1.165) is 24.8 Å². The third-order valence-corrected chi connectivity index (χ3v) is 7.61. The molecular formula is C28H43NO6. The van der Waals surface area contributed by atoms with Crippen molar-refractivity contribution in [1.29, 1.82) is 0 Å². The molecule has 7 heteroatoms. The summed E-state index contributed by atoms with van der Waals surface area (Å²) < 4.78 is 22.6. The van der Waals surface area contributed by atoms with E-state index in [1.807, 2.05) is 18.2 Å². The molecule has 196 valence electrons. The van der Waals surface area contributed by atoms with Gasteiger partial charge in [0.15, 0.2) is 11.5 Å². The van der Waals surface area contributed by atoms with Crippen molar-refractivity contribution in [2.24, 2.45) is 23.7 Å². The van der Waals surface area contributed by atoms with Gasteiger partial charge in [0, 0.05) is 32.1 Å². The lowest BCUT2D eigenvalue weighted by Crippen LogP contribution is -2.41. The summed E-state index contributed by atoms with van der Waals surface area (Å²) in [5.74, 6) is 2.16. The van der Waals surface area contributed by atoms with Gasteiger partial charge in [0.2, 0.25) is 0 Å². The SMILES string of the molecule is COCCCOc1cc([C@@H]2N[C@H](C(=O)O[C@@H]3C[C@H](C)CC[C@H]3C(C)C)C[C@@H]2C(C)=O)ccc1OC. The Bertz CT molecular complexity index is 856. The van der Waals surface area contributed by atoms with Crippen molar-refractivity contribution >= 4 is 11.8 Å². The monoisotopic (exact) mass is 489 g/mol. The van der Waals surface area contributed by atoms with E-state index in [1.54, 1.807) is 21.1 Å².